The lowest BCUT2D eigenvalue weighted by Crippen LogP contribution is -2.50. The third kappa shape index (κ3) is 14.8. The number of amides is 3. The first-order valence-electron chi connectivity index (χ1n) is 30.3. The van der Waals surface area contributed by atoms with Crippen LogP contribution < -0.4 is 40.0 Å². The highest BCUT2D eigenvalue weighted by Crippen LogP contribution is 2.40. The van der Waals surface area contributed by atoms with Crippen molar-refractivity contribution in [1.82, 2.24) is 49.3 Å². The van der Waals surface area contributed by atoms with Crippen LogP contribution in [0.3, 0.4) is 0 Å². The van der Waals surface area contributed by atoms with Gasteiger partial charge in [-0.2, -0.15) is 5.10 Å². The molecule has 0 radical (unpaired) electrons. The van der Waals surface area contributed by atoms with Gasteiger partial charge in [0.05, 0.1) is 69.3 Å². The van der Waals surface area contributed by atoms with Gasteiger partial charge in [-0.3, -0.25) is 32.9 Å². The summed E-state index contributed by atoms with van der Waals surface area (Å²) in [5.74, 6) is 0.632. The van der Waals surface area contributed by atoms with Crippen LogP contribution in [0.15, 0.2) is 125 Å². The number of imidazole rings is 1. The van der Waals surface area contributed by atoms with Gasteiger partial charge in [-0.1, -0.05) is 58.0 Å². The summed E-state index contributed by atoms with van der Waals surface area (Å²) in [7, 11) is 2.88. The number of thiazole rings is 1. The van der Waals surface area contributed by atoms with Crippen molar-refractivity contribution < 1.29 is 46.9 Å². The Morgan fingerprint density at radius 2 is 1.57 bits per heavy atom. The van der Waals surface area contributed by atoms with Crippen LogP contribution in [-0.4, -0.2) is 135 Å². The lowest BCUT2D eigenvalue weighted by molar-refractivity contribution is -0.144. The summed E-state index contributed by atoms with van der Waals surface area (Å²) >= 11 is 1.57. The summed E-state index contributed by atoms with van der Waals surface area (Å²) in [6, 6.07) is 23.3. The molecule has 4 aromatic carbocycles. The molecule has 22 nitrogen and oxygen atoms in total. The second-order valence-corrected chi connectivity index (χ2v) is 27.1. The molecule has 2 fully saturated rings. The van der Waals surface area contributed by atoms with E-state index in [1.165, 1.54) is 38.3 Å². The van der Waals surface area contributed by atoms with Crippen molar-refractivity contribution in [2.75, 3.05) is 45.1 Å². The highest BCUT2D eigenvalue weighted by Gasteiger charge is 2.45. The smallest absolute Gasteiger partial charge is 0.328 e. The number of unbranched alkanes of at least 4 members (excludes halogenated alkanes) is 1. The van der Waals surface area contributed by atoms with Crippen LogP contribution in [0, 0.1) is 12.3 Å². The van der Waals surface area contributed by atoms with E-state index in [1.807, 2.05) is 91.5 Å². The van der Waals surface area contributed by atoms with E-state index in [1.54, 1.807) is 85.1 Å². The van der Waals surface area contributed by atoms with Crippen LogP contribution in [0.4, 0.5) is 5.69 Å². The molecule has 1 unspecified atom stereocenters. The Morgan fingerprint density at radius 3 is 2.26 bits per heavy atom. The summed E-state index contributed by atoms with van der Waals surface area (Å²) < 4.78 is 60.7. The molecule has 0 bridgehead atoms. The first-order chi connectivity index (χ1) is 42.9. The minimum absolute atomic E-state index is 0.00162. The van der Waals surface area contributed by atoms with Crippen LogP contribution in [-0.2, 0) is 33.7 Å². The molecule has 0 spiro atoms. The summed E-state index contributed by atoms with van der Waals surface area (Å²) in [4.78, 5) is 68.9. The highest BCUT2D eigenvalue weighted by atomic mass is 32.2. The molecule has 3 amide bonds. The number of hydrogen-bond donors (Lipinski definition) is 4. The lowest BCUT2D eigenvalue weighted by atomic mass is 9.85. The molecule has 10 rings (SSSR count). The number of β-amino-alcohol motifs (C(OH)–C–C–N with tert-alkyl or cyclic N) is 1. The van der Waals surface area contributed by atoms with E-state index >= 15 is 0 Å². The average molecular weight is 1270 g/mol. The molecule has 4 atom stereocenters. The van der Waals surface area contributed by atoms with E-state index < -0.39 is 39.5 Å². The Labute approximate surface area is 528 Å². The molecule has 5 heterocycles. The maximum Gasteiger partial charge on any atom is 0.328 e. The van der Waals surface area contributed by atoms with Crippen molar-refractivity contribution in [3.05, 3.63) is 142 Å². The number of fused-ring (bicyclic) bond motifs is 1. The number of aromatic nitrogens is 6. The Hall–Kier alpha value is -8.58. The molecule has 2 aliphatic rings. The largest absolute Gasteiger partial charge is 0.493 e. The Kier molecular flexibility index (Phi) is 19.5. The minimum Gasteiger partial charge on any atom is -0.493 e. The van der Waals surface area contributed by atoms with Gasteiger partial charge in [0.15, 0.2) is 5.75 Å². The molecule has 24 heteroatoms. The van der Waals surface area contributed by atoms with E-state index in [0.29, 0.717) is 65.8 Å². The number of aliphatic hydroxyl groups is 1. The quantitative estimate of drug-likeness (QED) is 0.0389. The van der Waals surface area contributed by atoms with E-state index in [9.17, 15) is 32.7 Å². The van der Waals surface area contributed by atoms with Gasteiger partial charge in [0.2, 0.25) is 17.7 Å². The molecular weight excluding hydrogens is 1190 g/mol. The Balaban J connectivity index is 0.765. The van der Waals surface area contributed by atoms with Gasteiger partial charge < -0.3 is 44.5 Å². The number of carbonyl (C=O) groups is 3. The number of rotatable bonds is 25. The van der Waals surface area contributed by atoms with Crippen molar-refractivity contribution in [3.8, 4) is 50.4 Å². The van der Waals surface area contributed by atoms with Crippen LogP contribution in [0.5, 0.6) is 28.9 Å². The zero-order valence-corrected chi connectivity index (χ0v) is 54.1. The number of nitrogens with zero attached hydrogens (tertiary/aromatic N) is 8. The SMILES string of the molecule is CCCOc1cc(OCCCCN(C)C)cc(Oc2cc3c(cc2NS(=O)(=O)c2cccc(C(=O)NC4CC(Oc5cc(-c6cnn(C(C(=O)N7C[C@H](O)C[C@H]7C(=O)N[C@@H](C)c7ccc(-c8scnc8C)cc7)C(C)(C)C)c6)ccn5)C4)c2)n(C)c(=O)n3C)c1. The van der Waals surface area contributed by atoms with Gasteiger partial charge in [-0.15, -0.1) is 11.3 Å². The number of anilines is 1. The topological polar surface area (TPSA) is 256 Å². The highest BCUT2D eigenvalue weighted by molar-refractivity contribution is 7.92. The van der Waals surface area contributed by atoms with Gasteiger partial charge >= 0.3 is 5.69 Å². The second-order valence-electron chi connectivity index (χ2n) is 24.6. The first-order valence-corrected chi connectivity index (χ1v) is 32.6. The van der Waals surface area contributed by atoms with Crippen molar-refractivity contribution in [2.45, 2.75) is 121 Å². The zero-order valence-electron chi connectivity index (χ0n) is 52.4. The molecule has 1 saturated carbocycles. The van der Waals surface area contributed by atoms with E-state index in [-0.39, 0.29) is 70.6 Å². The summed E-state index contributed by atoms with van der Waals surface area (Å²) in [5.41, 5.74) is 6.29. The lowest BCUT2D eigenvalue weighted by Gasteiger charge is -2.35. The van der Waals surface area contributed by atoms with E-state index in [2.05, 4.69) is 35.3 Å². The molecule has 4 aromatic heterocycles. The Morgan fingerprint density at radius 1 is 0.856 bits per heavy atom. The molecule has 4 N–H and O–H groups in total. The fraction of sp³-hybridized carbons (Fsp3) is 0.409. The number of aliphatic hydroxyl groups excluding tert-OH is 1. The number of hydrogen-bond acceptors (Lipinski definition) is 16. The molecule has 476 valence electrons. The third-order valence-electron chi connectivity index (χ3n) is 16.2. The maximum absolute atomic E-state index is 14.7. The number of sulfonamides is 1. The van der Waals surface area contributed by atoms with Crippen molar-refractivity contribution in [1.29, 1.82) is 0 Å². The number of likely N-dealkylation sites (tertiary alicyclic amines) is 1. The van der Waals surface area contributed by atoms with Crippen LogP contribution in [0.2, 0.25) is 0 Å². The third-order valence-corrected chi connectivity index (χ3v) is 18.5. The number of nitrogens with one attached hydrogen (secondary N) is 3. The Bertz CT molecular complexity index is 4070. The molecular formula is C66H79N11O11S2. The van der Waals surface area contributed by atoms with Crippen LogP contribution >= 0.6 is 11.3 Å². The summed E-state index contributed by atoms with van der Waals surface area (Å²) in [6.45, 7) is 13.5. The normalized spacial score (nSPS) is 17.4. The van der Waals surface area contributed by atoms with Crippen LogP contribution in [0.1, 0.15) is 107 Å². The monoisotopic (exact) mass is 1270 g/mol. The molecule has 8 aromatic rings. The predicted molar refractivity (Wildman–Crippen MR) is 345 cm³/mol. The van der Waals surface area contributed by atoms with Crippen molar-refractivity contribution in [3.63, 3.8) is 0 Å². The average Bonchev–Trinajstić information content (AvgIpc) is 1.59. The second kappa shape index (κ2) is 27.3. The molecule has 90 heavy (non-hydrogen) atoms. The fourth-order valence-corrected chi connectivity index (χ4v) is 13.2. The van der Waals surface area contributed by atoms with Crippen LogP contribution in [0.25, 0.3) is 32.6 Å². The number of aryl methyl sites for hydroxylation is 3. The number of carbonyl (C=O) groups excluding carboxylic acids is 3. The summed E-state index contributed by atoms with van der Waals surface area (Å²) in [5, 5.41) is 21.7. The number of ether oxygens (including phenoxy) is 4. The van der Waals surface area contributed by atoms with Crippen molar-refractivity contribution in [2.24, 2.45) is 19.5 Å². The van der Waals surface area contributed by atoms with E-state index in [0.717, 1.165) is 53.1 Å². The molecule has 1 aliphatic carbocycles. The van der Waals surface area contributed by atoms with Gasteiger partial charge in [-0.05, 0) is 106 Å². The van der Waals surface area contributed by atoms with Gasteiger partial charge in [0.25, 0.3) is 15.9 Å². The van der Waals surface area contributed by atoms with Gasteiger partial charge in [-0.25, -0.2) is 23.2 Å². The van der Waals surface area contributed by atoms with E-state index in [4.69, 9.17) is 18.9 Å². The zero-order chi connectivity index (χ0) is 64.2. The maximum atomic E-state index is 14.7. The fourth-order valence-electron chi connectivity index (χ4n) is 11.3. The predicted octanol–water partition coefficient (Wildman–Crippen LogP) is 9.44. The standard InChI is InChI=1S/C66H79N11O11S2/c1-11-24-85-49-31-50(86-25-13-12-23-73(7)8)33-52(32-49)87-58-35-56-55(74(9)65(82)75(56)10)34-54(58)72-90(83,84)53-16-14-15-45(26-53)62(79)71-47-28-51(29-47)88-59-27-44(21-22-67-59)46-36-69-77(37-46)61(66(4,5)6)64(81)76-38-48(78)30-57(76)63(80)70-40(2)42-17-19-43(20-18-42)60-41(3)68-39-89-60/h14-22,26-27,31-37,39-40,47-48,51,57,61,72,78H,11-13,23-25,28-30,38H2,1-10H3,(H,70,80)(H,71,79)/t40-,47?,48+,51?,57-,61?/m0/s1. The summed E-state index contributed by atoms with van der Waals surface area (Å²) in [6.07, 6.45) is 7.45. The minimum atomic E-state index is -4.38. The molecule has 1 aliphatic heterocycles. The van der Waals surface area contributed by atoms with Crippen molar-refractivity contribution >= 4 is 55.8 Å². The molecule has 1 saturated heterocycles. The van der Waals surface area contributed by atoms with Gasteiger partial charge in [0.1, 0.15) is 35.4 Å². The number of pyridine rings is 1. The number of benzene rings is 4. The first kappa shape index (κ1) is 64.4. The van der Waals surface area contributed by atoms with Gasteiger partial charge in [0, 0.05) is 99.8 Å².